The third-order valence-electron chi connectivity index (χ3n) is 5.51. The Morgan fingerprint density at radius 2 is 1.26 bits per heavy atom. The van der Waals surface area contributed by atoms with Crippen LogP contribution < -0.4 is 0 Å². The average Bonchev–Trinajstić information content (AvgIpc) is 2.39. The Morgan fingerprint density at radius 1 is 0.632 bits per heavy atom. The normalized spacial score (nSPS) is 18.3. The van der Waals surface area contributed by atoms with Gasteiger partial charge in [0.1, 0.15) is 0 Å². The van der Waals surface area contributed by atoms with Crippen LogP contribution >= 0.6 is 0 Å². The summed E-state index contributed by atoms with van der Waals surface area (Å²) in [6.45, 7) is 16.7. The number of hydrogen-bond acceptors (Lipinski definition) is 0. The van der Waals surface area contributed by atoms with Gasteiger partial charge in [0.15, 0.2) is 0 Å². The van der Waals surface area contributed by atoms with Gasteiger partial charge in [0.25, 0.3) is 0 Å². The third-order valence-corrected chi connectivity index (χ3v) is 5.51. The monoisotopic (exact) mass is 268 g/mol. The van der Waals surface area contributed by atoms with Crippen molar-refractivity contribution >= 4 is 0 Å². The van der Waals surface area contributed by atoms with Crippen molar-refractivity contribution in [3.63, 3.8) is 0 Å². The molecule has 116 valence electrons. The molecule has 0 saturated carbocycles. The van der Waals surface area contributed by atoms with Crippen LogP contribution in [0.4, 0.5) is 0 Å². The van der Waals surface area contributed by atoms with Gasteiger partial charge in [-0.2, -0.15) is 0 Å². The van der Waals surface area contributed by atoms with Crippen molar-refractivity contribution in [2.45, 2.75) is 93.4 Å². The quantitative estimate of drug-likeness (QED) is 0.381. The van der Waals surface area contributed by atoms with Crippen molar-refractivity contribution in [2.75, 3.05) is 0 Å². The predicted molar refractivity (Wildman–Crippen MR) is 89.5 cm³/mol. The maximum Gasteiger partial charge on any atom is -0.0391 e. The van der Waals surface area contributed by atoms with E-state index in [2.05, 4.69) is 48.5 Å². The molecule has 0 aliphatic carbocycles. The molecule has 0 amide bonds. The molecular formula is C19H40. The van der Waals surface area contributed by atoms with Crippen LogP contribution in [0.1, 0.15) is 93.4 Å². The summed E-state index contributed by atoms with van der Waals surface area (Å²) in [6, 6.07) is 0. The molecule has 0 nitrogen and oxygen atoms in total. The van der Waals surface area contributed by atoms with Crippen LogP contribution in [0.3, 0.4) is 0 Å². The Morgan fingerprint density at radius 3 is 1.74 bits per heavy atom. The standard InChI is InChI=1S/C19H40/c1-8-16(5)13-14-18(7)19(9-2)12-10-11-17(6)15(3)4/h15-19H,8-14H2,1-7H3. The summed E-state index contributed by atoms with van der Waals surface area (Å²) in [6.07, 6.45) is 9.89. The SMILES string of the molecule is CCC(C)CCC(C)C(CC)CCCC(C)C(C)C. The molecule has 0 aromatic carbocycles. The molecule has 0 aromatic heterocycles. The summed E-state index contributed by atoms with van der Waals surface area (Å²) in [5, 5.41) is 0. The highest BCUT2D eigenvalue weighted by Gasteiger charge is 2.16. The average molecular weight is 269 g/mol. The summed E-state index contributed by atoms with van der Waals surface area (Å²) in [4.78, 5) is 0. The molecule has 0 fully saturated rings. The third kappa shape index (κ3) is 8.71. The fourth-order valence-electron chi connectivity index (χ4n) is 2.91. The van der Waals surface area contributed by atoms with E-state index in [9.17, 15) is 0 Å². The molecule has 0 aliphatic heterocycles. The van der Waals surface area contributed by atoms with Gasteiger partial charge in [-0.1, -0.05) is 93.4 Å². The highest BCUT2D eigenvalue weighted by Crippen LogP contribution is 2.29. The Bertz CT molecular complexity index is 194. The van der Waals surface area contributed by atoms with E-state index in [-0.39, 0.29) is 0 Å². The summed E-state index contributed by atoms with van der Waals surface area (Å²) >= 11 is 0. The van der Waals surface area contributed by atoms with Crippen LogP contribution in [0.5, 0.6) is 0 Å². The lowest BCUT2D eigenvalue weighted by Gasteiger charge is -2.25. The number of rotatable bonds is 11. The Labute approximate surface area is 123 Å². The molecule has 0 saturated heterocycles. The van der Waals surface area contributed by atoms with E-state index in [0.717, 1.165) is 29.6 Å². The first kappa shape index (κ1) is 19.0. The second-order valence-electron chi connectivity index (χ2n) is 7.39. The van der Waals surface area contributed by atoms with Gasteiger partial charge < -0.3 is 0 Å². The lowest BCUT2D eigenvalue weighted by Crippen LogP contribution is -2.13. The fraction of sp³-hybridized carbons (Fsp3) is 1.00. The lowest BCUT2D eigenvalue weighted by atomic mass is 9.81. The minimum absolute atomic E-state index is 0.850. The van der Waals surface area contributed by atoms with E-state index in [4.69, 9.17) is 0 Å². The van der Waals surface area contributed by atoms with Gasteiger partial charge in [-0.15, -0.1) is 0 Å². The van der Waals surface area contributed by atoms with Crippen molar-refractivity contribution in [1.29, 1.82) is 0 Å². The minimum atomic E-state index is 0.850. The van der Waals surface area contributed by atoms with E-state index in [1.54, 1.807) is 0 Å². The van der Waals surface area contributed by atoms with Gasteiger partial charge in [-0.3, -0.25) is 0 Å². The molecule has 0 bridgehead atoms. The molecule has 0 heterocycles. The Hall–Kier alpha value is 0. The zero-order valence-electron chi connectivity index (χ0n) is 14.8. The first-order valence-electron chi connectivity index (χ1n) is 8.92. The topological polar surface area (TPSA) is 0 Å². The molecule has 19 heavy (non-hydrogen) atoms. The van der Waals surface area contributed by atoms with Gasteiger partial charge in [-0.25, -0.2) is 0 Å². The van der Waals surface area contributed by atoms with Crippen LogP contribution in [0.15, 0.2) is 0 Å². The highest BCUT2D eigenvalue weighted by atomic mass is 14.2. The molecule has 4 atom stereocenters. The molecule has 0 rings (SSSR count). The van der Waals surface area contributed by atoms with Crippen LogP contribution in [0.2, 0.25) is 0 Å². The first-order chi connectivity index (χ1) is 8.92. The van der Waals surface area contributed by atoms with Crippen molar-refractivity contribution in [1.82, 2.24) is 0 Å². The molecule has 0 aliphatic rings. The summed E-state index contributed by atoms with van der Waals surface area (Å²) < 4.78 is 0. The van der Waals surface area contributed by atoms with E-state index >= 15 is 0 Å². The molecule has 0 radical (unpaired) electrons. The summed E-state index contributed by atoms with van der Waals surface area (Å²) in [5.74, 6) is 4.55. The maximum absolute atomic E-state index is 2.49. The van der Waals surface area contributed by atoms with E-state index in [1.165, 1.54) is 44.9 Å². The molecule has 0 spiro atoms. The highest BCUT2D eigenvalue weighted by molar-refractivity contribution is 4.68. The van der Waals surface area contributed by atoms with Crippen molar-refractivity contribution in [3.05, 3.63) is 0 Å². The van der Waals surface area contributed by atoms with E-state index < -0.39 is 0 Å². The van der Waals surface area contributed by atoms with Crippen LogP contribution in [0, 0.1) is 29.6 Å². The molecule has 4 unspecified atom stereocenters. The smallest absolute Gasteiger partial charge is 0.0391 e. The van der Waals surface area contributed by atoms with Gasteiger partial charge >= 0.3 is 0 Å². The second-order valence-corrected chi connectivity index (χ2v) is 7.39. The number of hydrogen-bond donors (Lipinski definition) is 0. The molecule has 0 aromatic rings. The van der Waals surface area contributed by atoms with Crippen molar-refractivity contribution < 1.29 is 0 Å². The van der Waals surface area contributed by atoms with Gasteiger partial charge in [0.2, 0.25) is 0 Å². The minimum Gasteiger partial charge on any atom is -0.0651 e. The predicted octanol–water partition coefficient (Wildman–Crippen LogP) is 6.94. The summed E-state index contributed by atoms with van der Waals surface area (Å²) in [7, 11) is 0. The van der Waals surface area contributed by atoms with Gasteiger partial charge in [-0.05, 0) is 29.6 Å². The Kier molecular flexibility index (Phi) is 10.7. The second kappa shape index (κ2) is 10.7. The molecular weight excluding hydrogens is 228 g/mol. The molecule has 0 N–H and O–H groups in total. The van der Waals surface area contributed by atoms with Crippen LogP contribution in [-0.2, 0) is 0 Å². The first-order valence-corrected chi connectivity index (χ1v) is 8.92. The van der Waals surface area contributed by atoms with Gasteiger partial charge in [0.05, 0.1) is 0 Å². The molecule has 0 heteroatoms. The van der Waals surface area contributed by atoms with Gasteiger partial charge in [0, 0.05) is 0 Å². The van der Waals surface area contributed by atoms with E-state index in [0.29, 0.717) is 0 Å². The maximum atomic E-state index is 2.49. The van der Waals surface area contributed by atoms with Crippen LogP contribution in [0.25, 0.3) is 0 Å². The summed E-state index contributed by atoms with van der Waals surface area (Å²) in [5.41, 5.74) is 0. The zero-order valence-corrected chi connectivity index (χ0v) is 14.8. The van der Waals surface area contributed by atoms with Crippen molar-refractivity contribution in [2.24, 2.45) is 29.6 Å². The largest absolute Gasteiger partial charge is 0.0651 e. The zero-order chi connectivity index (χ0) is 14.8. The van der Waals surface area contributed by atoms with E-state index in [1.807, 2.05) is 0 Å². The lowest BCUT2D eigenvalue weighted by molar-refractivity contribution is 0.268. The fourth-order valence-corrected chi connectivity index (χ4v) is 2.91. The van der Waals surface area contributed by atoms with Crippen LogP contribution in [-0.4, -0.2) is 0 Å². The Balaban J connectivity index is 3.92. The van der Waals surface area contributed by atoms with Crippen molar-refractivity contribution in [3.8, 4) is 0 Å².